The van der Waals surface area contributed by atoms with Crippen LogP contribution in [-0.2, 0) is 166 Å². The highest BCUT2D eigenvalue weighted by Gasteiger charge is 2.62. The smallest absolute Gasteiger partial charge is 0.187 e. The molecule has 7 N–H and O–H groups in total. The minimum absolute atomic E-state index is 0.141. The summed E-state index contributed by atoms with van der Waals surface area (Å²) in [6.45, 7) is -5.40. The molecule has 658 valence electrons. The molecule has 0 aromatic rings. The second-order valence-electron chi connectivity index (χ2n) is 26.9. The second kappa shape index (κ2) is 50.5. The summed E-state index contributed by atoms with van der Waals surface area (Å²) in [7, 11) is 19.9. The van der Waals surface area contributed by atoms with Crippen LogP contribution in [0.5, 0.6) is 0 Å². The number of hydrogen-bond donors (Lipinski definition) is 7. The van der Waals surface area contributed by atoms with Crippen molar-refractivity contribution in [2.75, 3.05) is 238 Å². The first-order valence-corrected chi connectivity index (χ1v) is 37.6. The average Bonchev–Trinajstić information content (AvgIpc) is 0.766. The molecule has 42 heteroatoms. The SMILES string of the molecule is COC1C2OC(COCCO)C(OC3OC(COCCO)C(OC4OC(COCCO)C(OC5OC(COCCO)C(OC6OC(COCCO)C(OC7OC(COCCO)C(OC8OC(COCCO)C(O2)C(OC)C8OC)C(OC)C7OC)C(OC)C6OC)C(OC)C5OC)C(OC)C4OC)C(OC)C3OC)C1OC. The van der Waals surface area contributed by atoms with E-state index in [4.69, 9.17) is 166 Å². The predicted octanol–water partition coefficient (Wildman–Crippen LogP) is -5.96. The minimum atomic E-state index is -1.41. The van der Waals surface area contributed by atoms with Gasteiger partial charge in [-0.1, -0.05) is 0 Å². The molecule has 21 rings (SSSR count). The van der Waals surface area contributed by atoms with Crippen molar-refractivity contribution in [3.8, 4) is 0 Å². The monoisotopic (exact) mass is 1640 g/mol. The molecular formula is C70H126O42. The fourth-order valence-corrected chi connectivity index (χ4v) is 15.6. The first kappa shape index (κ1) is 95.8. The molecule has 21 aliphatic rings. The van der Waals surface area contributed by atoms with Gasteiger partial charge >= 0.3 is 0 Å². The normalized spacial score (nSPS) is 41.8. The Bertz CT molecular complexity index is 2020. The lowest BCUT2D eigenvalue weighted by Crippen LogP contribution is -2.69. The van der Waals surface area contributed by atoms with Crippen molar-refractivity contribution in [1.29, 1.82) is 0 Å². The van der Waals surface area contributed by atoms with Crippen LogP contribution in [0.25, 0.3) is 0 Å². The molecule has 0 saturated carbocycles. The molecule has 42 nitrogen and oxygen atoms in total. The van der Waals surface area contributed by atoms with E-state index in [9.17, 15) is 35.7 Å². The van der Waals surface area contributed by atoms with Crippen LogP contribution in [0, 0.1) is 0 Å². The lowest BCUT2D eigenvalue weighted by molar-refractivity contribution is -0.403. The van der Waals surface area contributed by atoms with Gasteiger partial charge in [-0.3, -0.25) is 0 Å². The zero-order chi connectivity index (χ0) is 80.8. The summed E-state index contributed by atoms with van der Waals surface area (Å²) in [6.07, 6.45) is -42.7. The highest BCUT2D eigenvalue weighted by Crippen LogP contribution is 2.43. The van der Waals surface area contributed by atoms with E-state index in [0.717, 1.165) is 0 Å². The summed E-state index contributed by atoms with van der Waals surface area (Å²) >= 11 is 0. The molecule has 0 radical (unpaired) electrons. The van der Waals surface area contributed by atoms with E-state index in [0.29, 0.717) is 0 Å². The standard InChI is InChI=1S/C70H126O42/c1-78-50-43-36(29-92-22-15-71)99-64(57(50)85-8)107-44-37(30-93-23-16-72)101-66(59(87-10)51(44)79-2)109-46-39(32-95-25-18-74)103-68(61(89-12)53(46)81-4)111-48-41(34-97-27-20-76)105-70(63(91-14)55(48)83-6)112-49-42(35-98-28-21-77)104-69(62(90-13)56(49)84-7)110-47-40(33-96-26-19-75)102-67(60(88-11)54(47)82-5)108-45-38(31-94-24-17-73)100-65(106-43)58(86-9)52(45)80-3/h36-77H,15-35H2,1-14H3. The molecule has 0 aromatic carbocycles. The molecule has 21 aliphatic heterocycles. The summed E-state index contributed by atoms with van der Waals surface area (Å²) in [5.41, 5.74) is 0. The molecule has 35 atom stereocenters. The quantitative estimate of drug-likeness (QED) is 0.0280. The third kappa shape index (κ3) is 23.7. The Morgan fingerprint density at radius 1 is 0.161 bits per heavy atom. The first-order valence-electron chi connectivity index (χ1n) is 37.6. The first-order chi connectivity index (χ1) is 54.7. The van der Waals surface area contributed by atoms with Gasteiger partial charge in [-0.15, -0.1) is 0 Å². The Labute approximate surface area is 652 Å². The van der Waals surface area contributed by atoms with E-state index < -0.39 is 215 Å². The van der Waals surface area contributed by atoms with Crippen molar-refractivity contribution in [2.45, 2.75) is 215 Å². The van der Waals surface area contributed by atoms with Crippen molar-refractivity contribution in [1.82, 2.24) is 0 Å². The second-order valence-corrected chi connectivity index (χ2v) is 26.9. The molecule has 0 spiro atoms. The van der Waals surface area contributed by atoms with E-state index in [2.05, 4.69) is 0 Å². The zero-order valence-corrected chi connectivity index (χ0v) is 66.5. The van der Waals surface area contributed by atoms with Gasteiger partial charge in [0.1, 0.15) is 171 Å². The molecule has 35 unspecified atom stereocenters. The van der Waals surface area contributed by atoms with Crippen LogP contribution in [0.1, 0.15) is 0 Å². The summed E-state index contributed by atoms with van der Waals surface area (Å²) in [5.74, 6) is 0. The lowest BCUT2D eigenvalue weighted by atomic mass is 9.94. The Morgan fingerprint density at radius 2 is 0.268 bits per heavy atom. The Hall–Kier alpha value is -1.68. The van der Waals surface area contributed by atoms with Crippen molar-refractivity contribution in [3.63, 3.8) is 0 Å². The van der Waals surface area contributed by atoms with Gasteiger partial charge in [-0.25, -0.2) is 0 Å². The van der Waals surface area contributed by atoms with Crippen LogP contribution in [0.15, 0.2) is 0 Å². The highest BCUT2D eigenvalue weighted by atomic mass is 16.8. The van der Waals surface area contributed by atoms with Gasteiger partial charge in [0.05, 0.1) is 139 Å². The maximum atomic E-state index is 10.1. The van der Waals surface area contributed by atoms with Crippen LogP contribution < -0.4 is 0 Å². The molecule has 21 heterocycles. The molecule has 0 aliphatic carbocycles. The van der Waals surface area contributed by atoms with Gasteiger partial charge in [0.15, 0.2) is 44.0 Å². The van der Waals surface area contributed by atoms with Crippen molar-refractivity contribution in [2.24, 2.45) is 0 Å². The molecule has 112 heavy (non-hydrogen) atoms. The van der Waals surface area contributed by atoms with Gasteiger partial charge in [-0.2, -0.15) is 0 Å². The molecule has 14 bridgehead atoms. The van der Waals surface area contributed by atoms with Crippen molar-refractivity contribution < 1.29 is 202 Å². The van der Waals surface area contributed by atoms with Crippen LogP contribution >= 0.6 is 0 Å². The number of aliphatic hydroxyl groups excluding tert-OH is 7. The van der Waals surface area contributed by atoms with Gasteiger partial charge in [0.25, 0.3) is 0 Å². The molecule has 21 saturated heterocycles. The van der Waals surface area contributed by atoms with E-state index >= 15 is 0 Å². The van der Waals surface area contributed by atoms with E-state index in [1.54, 1.807) is 0 Å². The van der Waals surface area contributed by atoms with Crippen LogP contribution in [0.2, 0.25) is 0 Å². The third-order valence-corrected chi connectivity index (χ3v) is 20.6. The number of rotatable bonds is 42. The summed E-state index contributed by atoms with van der Waals surface area (Å²) in [6, 6.07) is 0. The minimum Gasteiger partial charge on any atom is -0.394 e. The fourth-order valence-electron chi connectivity index (χ4n) is 15.6. The Morgan fingerprint density at radius 3 is 0.357 bits per heavy atom. The maximum absolute atomic E-state index is 10.1. The van der Waals surface area contributed by atoms with Gasteiger partial charge in [0.2, 0.25) is 0 Å². The average molecular weight is 1640 g/mol. The lowest BCUT2D eigenvalue weighted by Gasteiger charge is -2.52. The van der Waals surface area contributed by atoms with Crippen LogP contribution in [0.3, 0.4) is 0 Å². The van der Waals surface area contributed by atoms with Crippen LogP contribution in [0.4, 0.5) is 0 Å². The number of ether oxygens (including phenoxy) is 35. The number of aliphatic hydroxyl groups is 7. The van der Waals surface area contributed by atoms with Crippen molar-refractivity contribution >= 4 is 0 Å². The Balaban J connectivity index is 1.29. The molecule has 0 amide bonds. The predicted molar refractivity (Wildman–Crippen MR) is 371 cm³/mol. The Kier molecular flexibility index (Phi) is 43.2. The van der Waals surface area contributed by atoms with E-state index in [-0.39, 0.29) is 139 Å². The molecule has 0 aromatic heterocycles. The summed E-state index contributed by atoms with van der Waals surface area (Å²) in [5, 5.41) is 70.6. The van der Waals surface area contributed by atoms with Gasteiger partial charge in [-0.05, 0) is 0 Å². The van der Waals surface area contributed by atoms with Crippen LogP contribution in [-0.4, -0.2) is 489 Å². The molecular weight excluding hydrogens is 1510 g/mol. The van der Waals surface area contributed by atoms with Gasteiger partial charge in [0, 0.05) is 99.5 Å². The maximum Gasteiger partial charge on any atom is 0.187 e. The zero-order valence-electron chi connectivity index (χ0n) is 66.5. The van der Waals surface area contributed by atoms with Gasteiger partial charge < -0.3 is 202 Å². The number of hydrogen-bond acceptors (Lipinski definition) is 42. The number of methoxy groups -OCH3 is 14. The topological polar surface area (TPSA) is 465 Å². The summed E-state index contributed by atoms with van der Waals surface area (Å²) in [4.78, 5) is 0. The van der Waals surface area contributed by atoms with E-state index in [1.807, 2.05) is 0 Å². The summed E-state index contributed by atoms with van der Waals surface area (Å²) < 4.78 is 228. The highest BCUT2D eigenvalue weighted by molar-refractivity contribution is 5.04. The molecule has 21 fully saturated rings. The fraction of sp³-hybridized carbons (Fsp3) is 1.00. The van der Waals surface area contributed by atoms with Crippen molar-refractivity contribution in [3.05, 3.63) is 0 Å². The third-order valence-electron chi connectivity index (χ3n) is 20.6. The largest absolute Gasteiger partial charge is 0.394 e. The van der Waals surface area contributed by atoms with E-state index in [1.165, 1.54) is 99.5 Å².